The Balaban J connectivity index is 2.31. The largest absolute Gasteiger partial charge is 0.469 e. The molecule has 0 aliphatic carbocycles. The highest BCUT2D eigenvalue weighted by atomic mass is 16.5. The summed E-state index contributed by atoms with van der Waals surface area (Å²) in [5.41, 5.74) is 2.34. The molecule has 3 nitrogen and oxygen atoms in total. The number of nitrogens with one attached hydrogen (secondary N) is 1. The molecule has 0 aromatic heterocycles. The van der Waals surface area contributed by atoms with Crippen molar-refractivity contribution in [3.8, 4) is 0 Å². The van der Waals surface area contributed by atoms with Gasteiger partial charge in [0.25, 0.3) is 0 Å². The van der Waals surface area contributed by atoms with Crippen LogP contribution in [0.25, 0.3) is 0 Å². The average molecular weight is 233 g/mol. The molecule has 1 aliphatic heterocycles. The van der Waals surface area contributed by atoms with Gasteiger partial charge in [0.05, 0.1) is 13.0 Å². The van der Waals surface area contributed by atoms with Crippen LogP contribution in [0.15, 0.2) is 24.3 Å². The molecule has 0 saturated heterocycles. The molecule has 2 atom stereocenters. The van der Waals surface area contributed by atoms with Gasteiger partial charge in [-0.1, -0.05) is 32.0 Å². The summed E-state index contributed by atoms with van der Waals surface area (Å²) in [6.45, 7) is 4.25. The van der Waals surface area contributed by atoms with Crippen molar-refractivity contribution in [2.24, 2.45) is 11.8 Å². The molecule has 0 bridgehead atoms. The van der Waals surface area contributed by atoms with E-state index in [1.54, 1.807) is 0 Å². The van der Waals surface area contributed by atoms with Gasteiger partial charge in [-0.15, -0.1) is 0 Å². The number of carbonyl (C=O) groups is 1. The van der Waals surface area contributed by atoms with Crippen LogP contribution in [0.4, 0.5) is 5.69 Å². The lowest BCUT2D eigenvalue weighted by Crippen LogP contribution is -2.43. The zero-order valence-corrected chi connectivity index (χ0v) is 10.6. The molecule has 1 N–H and O–H groups in total. The van der Waals surface area contributed by atoms with Crippen LogP contribution in [0, 0.1) is 11.8 Å². The van der Waals surface area contributed by atoms with E-state index >= 15 is 0 Å². The van der Waals surface area contributed by atoms with E-state index < -0.39 is 0 Å². The van der Waals surface area contributed by atoms with Gasteiger partial charge in [-0.25, -0.2) is 0 Å². The van der Waals surface area contributed by atoms with E-state index in [0.717, 1.165) is 12.1 Å². The number of carbonyl (C=O) groups excluding carboxylic acids is 1. The maximum Gasteiger partial charge on any atom is 0.311 e. The highest BCUT2D eigenvalue weighted by Gasteiger charge is 2.35. The smallest absolute Gasteiger partial charge is 0.311 e. The third-order valence-electron chi connectivity index (χ3n) is 3.44. The second-order valence-electron chi connectivity index (χ2n) is 4.91. The molecular formula is C14H19NO2. The van der Waals surface area contributed by atoms with Gasteiger partial charge in [0.15, 0.2) is 0 Å². The molecule has 1 aromatic carbocycles. The highest BCUT2D eigenvalue weighted by Crippen LogP contribution is 2.31. The zero-order chi connectivity index (χ0) is 12.4. The van der Waals surface area contributed by atoms with Gasteiger partial charge in [0, 0.05) is 11.7 Å². The van der Waals surface area contributed by atoms with Gasteiger partial charge in [0.2, 0.25) is 0 Å². The predicted molar refractivity (Wildman–Crippen MR) is 67.9 cm³/mol. The second-order valence-corrected chi connectivity index (χ2v) is 4.91. The Morgan fingerprint density at radius 2 is 2.12 bits per heavy atom. The van der Waals surface area contributed by atoms with Gasteiger partial charge in [-0.05, 0) is 24.0 Å². The van der Waals surface area contributed by atoms with Crippen LogP contribution in [0.2, 0.25) is 0 Å². The predicted octanol–water partition coefficient (Wildman–Crippen LogP) is 2.47. The van der Waals surface area contributed by atoms with Crippen LogP contribution in [-0.4, -0.2) is 19.1 Å². The number of rotatable bonds is 2. The number of fused-ring (bicyclic) bond motifs is 1. The maximum atomic E-state index is 11.8. The minimum atomic E-state index is -0.120. The number of hydrogen-bond acceptors (Lipinski definition) is 3. The first-order chi connectivity index (χ1) is 8.13. The molecule has 0 fully saturated rings. The van der Waals surface area contributed by atoms with Gasteiger partial charge < -0.3 is 10.1 Å². The third kappa shape index (κ3) is 2.28. The summed E-state index contributed by atoms with van der Waals surface area (Å²) >= 11 is 0. The Hall–Kier alpha value is -1.51. The quantitative estimate of drug-likeness (QED) is 0.797. The fourth-order valence-corrected chi connectivity index (χ4v) is 2.50. The summed E-state index contributed by atoms with van der Waals surface area (Å²) < 4.78 is 4.91. The van der Waals surface area contributed by atoms with Crippen LogP contribution in [0.3, 0.4) is 0 Å². The van der Waals surface area contributed by atoms with Crippen molar-refractivity contribution in [2.75, 3.05) is 12.4 Å². The number of esters is 1. The van der Waals surface area contributed by atoms with Crippen molar-refractivity contribution >= 4 is 11.7 Å². The first-order valence-electron chi connectivity index (χ1n) is 6.05. The number of ether oxygens (including phenoxy) is 1. The Morgan fingerprint density at radius 1 is 1.41 bits per heavy atom. The van der Waals surface area contributed by atoms with Crippen LogP contribution in [-0.2, 0) is 16.0 Å². The first-order valence-corrected chi connectivity index (χ1v) is 6.05. The van der Waals surface area contributed by atoms with E-state index in [2.05, 4.69) is 31.3 Å². The number of methoxy groups -OCH3 is 1. The Labute approximate surface area is 102 Å². The lowest BCUT2D eigenvalue weighted by atomic mass is 9.82. The first kappa shape index (κ1) is 12.0. The molecule has 1 heterocycles. The van der Waals surface area contributed by atoms with E-state index in [1.807, 2.05) is 12.1 Å². The lowest BCUT2D eigenvalue weighted by molar-refractivity contribution is -0.146. The van der Waals surface area contributed by atoms with Crippen molar-refractivity contribution < 1.29 is 9.53 Å². The topological polar surface area (TPSA) is 38.3 Å². The molecule has 0 amide bonds. The molecule has 1 aromatic rings. The third-order valence-corrected chi connectivity index (χ3v) is 3.44. The fourth-order valence-electron chi connectivity index (χ4n) is 2.50. The average Bonchev–Trinajstić information content (AvgIpc) is 2.36. The summed E-state index contributed by atoms with van der Waals surface area (Å²) in [7, 11) is 1.46. The standard InChI is InChI=1S/C14H19NO2/c1-9(2)13-11(14(16)17-3)8-10-6-4-5-7-12(10)15-13/h4-7,9,11,13,15H,8H2,1-3H3/t11-,13+/m1/s1. The second kappa shape index (κ2) is 4.78. The molecular weight excluding hydrogens is 214 g/mol. The zero-order valence-electron chi connectivity index (χ0n) is 10.6. The monoisotopic (exact) mass is 233 g/mol. The molecule has 17 heavy (non-hydrogen) atoms. The van der Waals surface area contributed by atoms with Crippen LogP contribution >= 0.6 is 0 Å². The van der Waals surface area contributed by atoms with Crippen LogP contribution in [0.5, 0.6) is 0 Å². The van der Waals surface area contributed by atoms with Gasteiger partial charge in [-0.3, -0.25) is 4.79 Å². The molecule has 0 radical (unpaired) electrons. The Bertz CT molecular complexity index is 414. The van der Waals surface area contributed by atoms with Gasteiger partial charge in [0.1, 0.15) is 0 Å². The molecule has 1 aliphatic rings. The van der Waals surface area contributed by atoms with Crippen molar-refractivity contribution in [1.29, 1.82) is 0 Å². The van der Waals surface area contributed by atoms with E-state index in [1.165, 1.54) is 12.7 Å². The van der Waals surface area contributed by atoms with Crippen LogP contribution < -0.4 is 5.32 Å². The Kier molecular flexibility index (Phi) is 3.36. The summed E-state index contributed by atoms with van der Waals surface area (Å²) in [5.74, 6) is 0.188. The summed E-state index contributed by atoms with van der Waals surface area (Å²) in [5, 5.41) is 3.46. The molecule has 0 saturated carbocycles. The normalized spacial score (nSPS) is 22.8. The van der Waals surface area contributed by atoms with E-state index in [-0.39, 0.29) is 17.9 Å². The summed E-state index contributed by atoms with van der Waals surface area (Å²) in [4.78, 5) is 11.8. The van der Waals surface area contributed by atoms with E-state index in [0.29, 0.717) is 5.92 Å². The highest BCUT2D eigenvalue weighted by molar-refractivity contribution is 5.76. The molecule has 3 heteroatoms. The fraction of sp³-hybridized carbons (Fsp3) is 0.500. The maximum absolute atomic E-state index is 11.8. The number of hydrogen-bond donors (Lipinski definition) is 1. The van der Waals surface area contributed by atoms with Crippen molar-refractivity contribution in [2.45, 2.75) is 26.3 Å². The summed E-state index contributed by atoms with van der Waals surface area (Å²) in [6.07, 6.45) is 0.763. The molecule has 92 valence electrons. The lowest BCUT2D eigenvalue weighted by Gasteiger charge is -2.35. The molecule has 0 spiro atoms. The molecule has 2 rings (SSSR count). The van der Waals surface area contributed by atoms with Crippen molar-refractivity contribution in [3.05, 3.63) is 29.8 Å². The number of benzene rings is 1. The summed E-state index contributed by atoms with van der Waals surface area (Å²) in [6, 6.07) is 8.30. The van der Waals surface area contributed by atoms with Crippen LogP contribution in [0.1, 0.15) is 19.4 Å². The molecule has 0 unspecified atom stereocenters. The minimum absolute atomic E-state index is 0.0881. The minimum Gasteiger partial charge on any atom is -0.469 e. The Morgan fingerprint density at radius 3 is 2.76 bits per heavy atom. The van der Waals surface area contributed by atoms with Crippen molar-refractivity contribution in [3.63, 3.8) is 0 Å². The van der Waals surface area contributed by atoms with E-state index in [9.17, 15) is 4.79 Å². The van der Waals surface area contributed by atoms with E-state index in [4.69, 9.17) is 4.74 Å². The van der Waals surface area contributed by atoms with Crippen molar-refractivity contribution in [1.82, 2.24) is 0 Å². The van der Waals surface area contributed by atoms with Gasteiger partial charge >= 0.3 is 5.97 Å². The number of para-hydroxylation sites is 1. The van der Waals surface area contributed by atoms with Gasteiger partial charge in [-0.2, -0.15) is 0 Å². The number of anilines is 1. The SMILES string of the molecule is COC(=O)[C@@H]1Cc2ccccc2N[C@H]1C(C)C.